The summed E-state index contributed by atoms with van der Waals surface area (Å²) < 4.78 is 19.9. The number of hydrogen-bond donors (Lipinski definition) is 1. The second kappa shape index (κ2) is 6.10. The van der Waals surface area contributed by atoms with Crippen LogP contribution in [-0.2, 0) is 13.0 Å². The van der Waals surface area contributed by atoms with Crippen molar-refractivity contribution in [1.29, 1.82) is 0 Å². The molecule has 21 heavy (non-hydrogen) atoms. The average molecular weight is 283 g/mol. The molecule has 0 saturated heterocycles. The zero-order valence-corrected chi connectivity index (χ0v) is 12.0. The maximum Gasteiger partial charge on any atom is 0.137 e. The lowest BCUT2D eigenvalue weighted by Gasteiger charge is -2.02. The molecule has 0 atom stereocenters. The summed E-state index contributed by atoms with van der Waals surface area (Å²) in [5.41, 5.74) is 2.68. The molecule has 0 amide bonds. The summed E-state index contributed by atoms with van der Waals surface area (Å²) in [4.78, 5) is 0. The van der Waals surface area contributed by atoms with Gasteiger partial charge >= 0.3 is 0 Å². The first-order valence-corrected chi connectivity index (χ1v) is 7.21. The summed E-state index contributed by atoms with van der Waals surface area (Å²) in [5, 5.41) is 3.75. The van der Waals surface area contributed by atoms with E-state index in [0.29, 0.717) is 23.9 Å². The van der Waals surface area contributed by atoms with Crippen molar-refractivity contribution >= 4 is 11.0 Å². The molecule has 0 aliphatic rings. The van der Waals surface area contributed by atoms with Crippen LogP contribution in [-0.4, -0.2) is 6.54 Å². The first kappa shape index (κ1) is 13.8. The molecular weight excluding hydrogens is 265 g/mol. The predicted octanol–water partition coefficient (Wildman–Crippen LogP) is 4.27. The number of fused-ring (bicyclic) bond motifs is 1. The highest BCUT2D eigenvalue weighted by atomic mass is 19.1. The Hall–Kier alpha value is -2.13. The number of furan rings is 1. The van der Waals surface area contributed by atoms with Gasteiger partial charge in [-0.15, -0.1) is 0 Å². The Morgan fingerprint density at radius 3 is 2.62 bits per heavy atom. The van der Waals surface area contributed by atoms with E-state index < -0.39 is 0 Å². The fourth-order valence-electron chi connectivity index (χ4n) is 2.46. The molecule has 1 aromatic heterocycles. The zero-order valence-electron chi connectivity index (χ0n) is 12.0. The summed E-state index contributed by atoms with van der Waals surface area (Å²) in [6, 6.07) is 15.3. The zero-order chi connectivity index (χ0) is 14.7. The normalized spacial score (nSPS) is 11.1. The highest BCUT2D eigenvalue weighted by Gasteiger charge is 2.10. The van der Waals surface area contributed by atoms with Crippen molar-refractivity contribution in [1.82, 2.24) is 5.32 Å². The highest BCUT2D eigenvalue weighted by molar-refractivity contribution is 5.79. The third-order valence-corrected chi connectivity index (χ3v) is 3.50. The van der Waals surface area contributed by atoms with Gasteiger partial charge in [-0.2, -0.15) is 0 Å². The first-order chi connectivity index (χ1) is 10.3. The van der Waals surface area contributed by atoms with Crippen molar-refractivity contribution in [3.63, 3.8) is 0 Å². The third kappa shape index (κ3) is 3.14. The second-order valence-corrected chi connectivity index (χ2v) is 5.14. The number of halogens is 1. The standard InChI is InChI=1S/C18H18FNO/c1-2-20-12-14-9-17(19)16-11-15(21-18(16)10-14)8-13-6-4-3-5-7-13/h3-7,9-11,20H,2,8,12H2,1H3. The Morgan fingerprint density at radius 2 is 1.86 bits per heavy atom. The first-order valence-electron chi connectivity index (χ1n) is 7.21. The Morgan fingerprint density at radius 1 is 1.05 bits per heavy atom. The molecule has 0 aliphatic heterocycles. The van der Waals surface area contributed by atoms with Gasteiger partial charge < -0.3 is 9.73 Å². The van der Waals surface area contributed by atoms with Crippen LogP contribution in [0.5, 0.6) is 0 Å². The van der Waals surface area contributed by atoms with E-state index >= 15 is 0 Å². The van der Waals surface area contributed by atoms with Crippen LogP contribution in [0.1, 0.15) is 23.8 Å². The number of rotatable bonds is 5. The fourth-order valence-corrected chi connectivity index (χ4v) is 2.46. The van der Waals surface area contributed by atoms with E-state index in [-0.39, 0.29) is 5.82 Å². The molecule has 2 nitrogen and oxygen atoms in total. The summed E-state index contributed by atoms with van der Waals surface area (Å²) in [6.45, 7) is 3.54. The van der Waals surface area contributed by atoms with Crippen LogP contribution in [0.15, 0.2) is 52.9 Å². The molecule has 0 fully saturated rings. The van der Waals surface area contributed by atoms with Gasteiger partial charge in [0.25, 0.3) is 0 Å². The Balaban J connectivity index is 1.90. The maximum atomic E-state index is 14.1. The minimum atomic E-state index is -0.219. The summed E-state index contributed by atoms with van der Waals surface area (Å²) in [7, 11) is 0. The smallest absolute Gasteiger partial charge is 0.137 e. The van der Waals surface area contributed by atoms with Gasteiger partial charge in [0.2, 0.25) is 0 Å². The largest absolute Gasteiger partial charge is 0.461 e. The van der Waals surface area contributed by atoms with Crippen LogP contribution in [0.4, 0.5) is 4.39 Å². The van der Waals surface area contributed by atoms with Crippen LogP contribution < -0.4 is 5.32 Å². The summed E-state index contributed by atoms with van der Waals surface area (Å²) in [6.07, 6.45) is 0.678. The molecule has 108 valence electrons. The van der Waals surface area contributed by atoms with Gasteiger partial charge in [0.15, 0.2) is 0 Å². The lowest BCUT2D eigenvalue weighted by atomic mass is 10.1. The highest BCUT2D eigenvalue weighted by Crippen LogP contribution is 2.25. The van der Waals surface area contributed by atoms with Crippen LogP contribution in [0.2, 0.25) is 0 Å². The van der Waals surface area contributed by atoms with Crippen molar-refractivity contribution < 1.29 is 8.81 Å². The molecule has 2 aromatic carbocycles. The van der Waals surface area contributed by atoms with Gasteiger partial charge in [-0.25, -0.2) is 4.39 Å². The summed E-state index contributed by atoms with van der Waals surface area (Å²) >= 11 is 0. The van der Waals surface area contributed by atoms with Crippen molar-refractivity contribution in [2.24, 2.45) is 0 Å². The molecular formula is C18H18FNO. The molecule has 0 unspecified atom stereocenters. The Labute approximate surface area is 123 Å². The minimum Gasteiger partial charge on any atom is -0.461 e. The van der Waals surface area contributed by atoms with Crippen LogP contribution in [0.25, 0.3) is 11.0 Å². The van der Waals surface area contributed by atoms with Gasteiger partial charge in [-0.3, -0.25) is 0 Å². The van der Waals surface area contributed by atoms with Gasteiger partial charge in [0.1, 0.15) is 17.2 Å². The quantitative estimate of drug-likeness (QED) is 0.756. The number of hydrogen-bond acceptors (Lipinski definition) is 2. The van der Waals surface area contributed by atoms with Crippen molar-refractivity contribution in [2.45, 2.75) is 19.9 Å². The average Bonchev–Trinajstić information content (AvgIpc) is 2.89. The van der Waals surface area contributed by atoms with E-state index in [1.165, 1.54) is 0 Å². The predicted molar refractivity (Wildman–Crippen MR) is 82.8 cm³/mol. The molecule has 1 heterocycles. The maximum absolute atomic E-state index is 14.1. The Bertz CT molecular complexity index is 734. The van der Waals surface area contributed by atoms with Gasteiger partial charge in [-0.05, 0) is 35.9 Å². The molecule has 1 N–H and O–H groups in total. The third-order valence-electron chi connectivity index (χ3n) is 3.50. The van der Waals surface area contributed by atoms with E-state index in [2.05, 4.69) is 5.32 Å². The molecule has 0 radical (unpaired) electrons. The topological polar surface area (TPSA) is 25.2 Å². The minimum absolute atomic E-state index is 0.219. The number of nitrogens with one attached hydrogen (secondary N) is 1. The summed E-state index contributed by atoms with van der Waals surface area (Å²) in [5.74, 6) is 0.569. The van der Waals surface area contributed by atoms with Gasteiger partial charge in [0.05, 0.1) is 5.39 Å². The van der Waals surface area contributed by atoms with Crippen LogP contribution in [0, 0.1) is 5.82 Å². The lowest BCUT2D eigenvalue weighted by Crippen LogP contribution is -2.11. The Kier molecular flexibility index (Phi) is 4.02. The van der Waals surface area contributed by atoms with Crippen molar-refractivity contribution in [3.8, 4) is 0 Å². The van der Waals surface area contributed by atoms with Gasteiger partial charge in [0, 0.05) is 13.0 Å². The molecule has 0 bridgehead atoms. The number of benzene rings is 2. The van der Waals surface area contributed by atoms with Crippen molar-refractivity contribution in [3.05, 3.63) is 71.2 Å². The lowest BCUT2D eigenvalue weighted by molar-refractivity contribution is 0.560. The monoisotopic (exact) mass is 283 g/mol. The van der Waals surface area contributed by atoms with E-state index in [4.69, 9.17) is 4.42 Å². The SMILES string of the molecule is CCNCc1cc(F)c2cc(Cc3ccccc3)oc2c1. The molecule has 0 saturated carbocycles. The van der Waals surface area contributed by atoms with E-state index in [1.807, 2.05) is 43.3 Å². The molecule has 3 heteroatoms. The molecule has 3 aromatic rings. The molecule has 0 aliphatic carbocycles. The van der Waals surface area contributed by atoms with E-state index in [9.17, 15) is 4.39 Å². The molecule has 0 spiro atoms. The van der Waals surface area contributed by atoms with E-state index in [1.54, 1.807) is 12.1 Å². The van der Waals surface area contributed by atoms with E-state index in [0.717, 1.165) is 23.4 Å². The van der Waals surface area contributed by atoms with Crippen LogP contribution >= 0.6 is 0 Å². The molecule has 3 rings (SSSR count). The second-order valence-electron chi connectivity index (χ2n) is 5.14. The van der Waals surface area contributed by atoms with Crippen LogP contribution in [0.3, 0.4) is 0 Å². The van der Waals surface area contributed by atoms with Gasteiger partial charge in [-0.1, -0.05) is 37.3 Å². The van der Waals surface area contributed by atoms with Crippen molar-refractivity contribution in [2.75, 3.05) is 6.54 Å². The fraction of sp³-hybridized carbons (Fsp3) is 0.222.